The molecule has 0 aromatic heterocycles. The largest absolute Gasteiger partial charge is 0.493 e. The highest BCUT2D eigenvalue weighted by molar-refractivity contribution is 5.43. The van der Waals surface area contributed by atoms with Crippen LogP contribution >= 0.6 is 0 Å². The predicted molar refractivity (Wildman–Crippen MR) is 121 cm³/mol. The average Bonchev–Trinajstić information content (AvgIpc) is 2.79. The van der Waals surface area contributed by atoms with Gasteiger partial charge in [-0.1, -0.05) is 32.6 Å². The second-order valence-corrected chi connectivity index (χ2v) is 10.3. The third-order valence-corrected chi connectivity index (χ3v) is 8.18. The van der Waals surface area contributed by atoms with Gasteiger partial charge in [0.15, 0.2) is 11.6 Å². The molecular formula is C27H40F2O2. The lowest BCUT2D eigenvalue weighted by molar-refractivity contribution is 0.121. The Morgan fingerprint density at radius 3 is 2.23 bits per heavy atom. The number of ether oxygens (including phenoxy) is 2. The van der Waals surface area contributed by atoms with Crippen molar-refractivity contribution in [2.75, 3.05) is 13.3 Å². The van der Waals surface area contributed by atoms with E-state index in [4.69, 9.17) is 9.47 Å². The van der Waals surface area contributed by atoms with Gasteiger partial charge in [0.2, 0.25) is 0 Å². The molecule has 174 valence electrons. The van der Waals surface area contributed by atoms with Crippen molar-refractivity contribution in [1.29, 1.82) is 0 Å². The summed E-state index contributed by atoms with van der Waals surface area (Å²) in [6.07, 6.45) is 15.3. The zero-order chi connectivity index (χ0) is 21.6. The maximum atomic E-state index is 14.5. The van der Waals surface area contributed by atoms with E-state index in [1.165, 1.54) is 70.3 Å². The van der Waals surface area contributed by atoms with Gasteiger partial charge in [0.05, 0.1) is 13.3 Å². The van der Waals surface area contributed by atoms with Crippen molar-refractivity contribution in [3.8, 4) is 11.5 Å². The number of fused-ring (bicyclic) bond motifs is 1. The predicted octanol–water partition coefficient (Wildman–Crippen LogP) is 7.67. The molecule has 1 aliphatic heterocycles. The van der Waals surface area contributed by atoms with E-state index in [0.717, 1.165) is 36.2 Å². The van der Waals surface area contributed by atoms with Crippen LogP contribution in [0.1, 0.15) is 89.5 Å². The fraction of sp³-hybridized carbons (Fsp3) is 0.778. The zero-order valence-electron chi connectivity index (χ0n) is 19.2. The van der Waals surface area contributed by atoms with Gasteiger partial charge in [-0.05, 0) is 81.1 Å². The molecule has 0 radical (unpaired) electrons. The van der Waals surface area contributed by atoms with Gasteiger partial charge in [-0.15, -0.1) is 0 Å². The molecule has 31 heavy (non-hydrogen) atoms. The van der Waals surface area contributed by atoms with Crippen LogP contribution in [0, 0.1) is 29.5 Å². The van der Waals surface area contributed by atoms with Gasteiger partial charge in [0, 0.05) is 18.1 Å². The van der Waals surface area contributed by atoms with Crippen LogP contribution < -0.4 is 9.47 Å². The number of alkyl halides is 1. The summed E-state index contributed by atoms with van der Waals surface area (Å²) in [5, 5.41) is 0. The summed E-state index contributed by atoms with van der Waals surface area (Å²) in [4.78, 5) is 0. The quantitative estimate of drug-likeness (QED) is 0.418. The number of hydrogen-bond acceptors (Lipinski definition) is 2. The highest BCUT2D eigenvalue weighted by Crippen LogP contribution is 2.42. The molecule has 1 aromatic rings. The Hall–Kier alpha value is -1.32. The monoisotopic (exact) mass is 434 g/mol. The van der Waals surface area contributed by atoms with Crippen LogP contribution in [0.2, 0.25) is 0 Å². The first kappa shape index (κ1) is 22.9. The van der Waals surface area contributed by atoms with E-state index < -0.39 is 6.67 Å². The van der Waals surface area contributed by atoms with Crippen molar-refractivity contribution in [2.24, 2.45) is 23.7 Å². The van der Waals surface area contributed by atoms with Crippen LogP contribution in [0.3, 0.4) is 0 Å². The van der Waals surface area contributed by atoms with Gasteiger partial charge in [-0.3, -0.25) is 4.39 Å². The van der Waals surface area contributed by atoms with Crippen LogP contribution in [0.25, 0.3) is 0 Å². The number of halogens is 2. The molecule has 0 saturated heterocycles. The molecule has 2 saturated carbocycles. The summed E-state index contributed by atoms with van der Waals surface area (Å²) in [6.45, 7) is 2.57. The maximum Gasteiger partial charge on any atom is 0.169 e. The van der Waals surface area contributed by atoms with Gasteiger partial charge in [-0.2, -0.15) is 0 Å². The molecule has 0 bridgehead atoms. The highest BCUT2D eigenvalue weighted by atomic mass is 19.1. The first-order valence-corrected chi connectivity index (χ1v) is 12.8. The molecule has 2 aliphatic carbocycles. The van der Waals surface area contributed by atoms with Gasteiger partial charge < -0.3 is 9.47 Å². The van der Waals surface area contributed by atoms with Gasteiger partial charge in [0.1, 0.15) is 11.9 Å². The zero-order valence-corrected chi connectivity index (χ0v) is 19.2. The number of hydrogen-bond donors (Lipinski definition) is 0. The summed E-state index contributed by atoms with van der Waals surface area (Å²) in [5.74, 6) is 3.96. The van der Waals surface area contributed by atoms with E-state index in [9.17, 15) is 8.78 Å². The molecule has 1 heterocycles. The number of aryl methyl sites for hydroxylation is 1. The minimum absolute atomic E-state index is 0.212. The van der Waals surface area contributed by atoms with Crippen molar-refractivity contribution in [1.82, 2.24) is 0 Å². The van der Waals surface area contributed by atoms with Gasteiger partial charge in [-0.25, -0.2) is 4.39 Å². The topological polar surface area (TPSA) is 18.5 Å². The summed E-state index contributed by atoms with van der Waals surface area (Å²) >= 11 is 0. The molecule has 1 aromatic carbocycles. The lowest BCUT2D eigenvalue weighted by Crippen LogP contribution is -2.27. The first-order valence-electron chi connectivity index (χ1n) is 12.8. The minimum Gasteiger partial charge on any atom is -0.493 e. The Kier molecular flexibility index (Phi) is 8.12. The molecule has 0 N–H and O–H groups in total. The van der Waals surface area contributed by atoms with E-state index in [1.807, 2.05) is 6.07 Å². The maximum absolute atomic E-state index is 14.5. The van der Waals surface area contributed by atoms with Crippen molar-refractivity contribution in [3.05, 3.63) is 23.5 Å². The molecule has 4 heteroatoms. The van der Waals surface area contributed by atoms with Crippen LogP contribution in [0.5, 0.6) is 11.5 Å². The fourth-order valence-electron chi connectivity index (χ4n) is 6.29. The van der Waals surface area contributed by atoms with Gasteiger partial charge in [0.25, 0.3) is 0 Å². The molecule has 3 aliphatic rings. The lowest BCUT2D eigenvalue weighted by atomic mass is 9.69. The van der Waals surface area contributed by atoms with Crippen molar-refractivity contribution < 1.29 is 18.3 Å². The smallest absolute Gasteiger partial charge is 0.169 e. The van der Waals surface area contributed by atoms with Crippen molar-refractivity contribution in [2.45, 2.75) is 96.5 Å². The summed E-state index contributed by atoms with van der Waals surface area (Å²) in [6, 6.07) is 3.36. The summed E-state index contributed by atoms with van der Waals surface area (Å²) < 4.78 is 38.8. The second-order valence-electron chi connectivity index (χ2n) is 10.3. The van der Waals surface area contributed by atoms with Crippen LogP contribution in [0.15, 0.2) is 12.1 Å². The Morgan fingerprint density at radius 1 is 0.903 bits per heavy atom. The summed E-state index contributed by atoms with van der Waals surface area (Å²) in [7, 11) is 0. The summed E-state index contributed by atoms with van der Waals surface area (Å²) in [5.41, 5.74) is 0.854. The number of rotatable bonds is 8. The standard InChI is InChI=1S/C27H40F2O2/c1-2-3-19-4-8-21(9-5-19)22-10-6-20(7-11-22)18-30-25-16-23-12-13-24(14-15-28)31-27(23)26(29)17-25/h16-17,19-22,24H,2-15,18H2,1H3. The van der Waals surface area contributed by atoms with E-state index >= 15 is 0 Å². The molecule has 1 atom stereocenters. The van der Waals surface area contributed by atoms with Crippen molar-refractivity contribution in [3.63, 3.8) is 0 Å². The average molecular weight is 435 g/mol. The third kappa shape index (κ3) is 5.93. The van der Waals surface area contributed by atoms with Crippen LogP contribution in [0.4, 0.5) is 8.78 Å². The number of benzene rings is 1. The second kappa shape index (κ2) is 11.0. The van der Waals surface area contributed by atoms with Crippen LogP contribution in [-0.2, 0) is 6.42 Å². The van der Waals surface area contributed by atoms with E-state index in [2.05, 4.69) is 6.92 Å². The Morgan fingerprint density at radius 2 is 1.58 bits per heavy atom. The molecule has 4 rings (SSSR count). The van der Waals surface area contributed by atoms with Crippen molar-refractivity contribution >= 4 is 0 Å². The third-order valence-electron chi connectivity index (χ3n) is 8.18. The van der Waals surface area contributed by atoms with Crippen LogP contribution in [-0.4, -0.2) is 19.4 Å². The highest BCUT2D eigenvalue weighted by Gasteiger charge is 2.31. The molecule has 0 amide bonds. The normalized spacial score (nSPS) is 31.0. The fourth-order valence-corrected chi connectivity index (χ4v) is 6.29. The SMILES string of the molecule is CCCC1CCC(C2CCC(COc3cc(F)c4c(c3)CCC(CCF)O4)CC2)CC1. The molecular weight excluding hydrogens is 394 g/mol. The Balaban J connectivity index is 1.22. The van der Waals surface area contributed by atoms with E-state index in [-0.39, 0.29) is 11.9 Å². The lowest BCUT2D eigenvalue weighted by Gasteiger charge is -2.37. The minimum atomic E-state index is -0.425. The molecule has 0 spiro atoms. The first-order chi connectivity index (χ1) is 15.2. The van der Waals surface area contributed by atoms with E-state index in [1.54, 1.807) is 0 Å². The molecule has 2 nitrogen and oxygen atoms in total. The van der Waals surface area contributed by atoms with E-state index in [0.29, 0.717) is 30.4 Å². The molecule has 2 fully saturated rings. The van der Waals surface area contributed by atoms with Gasteiger partial charge >= 0.3 is 0 Å². The Labute approximate surface area is 187 Å². The molecule has 1 unspecified atom stereocenters. The Bertz CT molecular complexity index is 691.